The van der Waals surface area contributed by atoms with Crippen molar-refractivity contribution in [2.75, 3.05) is 0 Å². The Morgan fingerprint density at radius 3 is 1.69 bits per heavy atom. The molecule has 1 aromatic carbocycles. The van der Waals surface area contributed by atoms with E-state index in [2.05, 4.69) is 19.1 Å². The predicted octanol–water partition coefficient (Wildman–Crippen LogP) is 2.58. The number of allylic oxidation sites excluding steroid dienone is 2. The second-order valence-electron chi connectivity index (χ2n) is 2.25. The Balaban J connectivity index is 0.000000226. The summed E-state index contributed by atoms with van der Waals surface area (Å²) < 4.78 is 0. The first-order valence-corrected chi connectivity index (χ1v) is 3.77. The van der Waals surface area contributed by atoms with Gasteiger partial charge in [-0.05, 0) is 6.92 Å². The van der Waals surface area contributed by atoms with Crippen LogP contribution in [0.4, 0.5) is 0 Å². The van der Waals surface area contributed by atoms with E-state index in [4.69, 9.17) is 10.5 Å². The first-order chi connectivity index (χ1) is 6.31. The monoisotopic (exact) mass is 170 g/mol. The van der Waals surface area contributed by atoms with Crippen LogP contribution in [0.25, 0.3) is 0 Å². The van der Waals surface area contributed by atoms with Crippen molar-refractivity contribution in [3.63, 3.8) is 0 Å². The van der Waals surface area contributed by atoms with Gasteiger partial charge in [-0.1, -0.05) is 35.9 Å². The fourth-order valence-corrected chi connectivity index (χ4v) is 0.609. The van der Waals surface area contributed by atoms with Crippen molar-refractivity contribution >= 4 is 0 Å². The Kier molecular flexibility index (Phi) is 6.77. The second kappa shape index (κ2) is 8.04. The first-order valence-electron chi connectivity index (χ1n) is 3.77. The Bertz CT molecular complexity index is 309. The molecule has 2 nitrogen and oxygen atoms in total. The Morgan fingerprint density at radius 1 is 1.00 bits per heavy atom. The van der Waals surface area contributed by atoms with Gasteiger partial charge in [0.05, 0.1) is 12.1 Å². The van der Waals surface area contributed by atoms with Crippen LogP contribution in [-0.2, 0) is 0 Å². The number of hydrogen-bond donors (Lipinski definition) is 0. The molecule has 1 rings (SSSR count). The summed E-state index contributed by atoms with van der Waals surface area (Å²) in [5, 5.41) is 15.4. The topological polar surface area (TPSA) is 47.6 Å². The second-order valence-corrected chi connectivity index (χ2v) is 2.25. The lowest BCUT2D eigenvalue weighted by atomic mass is 10.2. The van der Waals surface area contributed by atoms with Crippen molar-refractivity contribution in [3.8, 4) is 12.1 Å². The third-order valence-corrected chi connectivity index (χ3v) is 1.17. The fraction of sp³-hybridized carbons (Fsp3) is 0.0909. The number of hydrogen-bond acceptors (Lipinski definition) is 2. The lowest BCUT2D eigenvalue weighted by Gasteiger charge is -1.82. The smallest absolute Gasteiger partial charge is 0.0919 e. The predicted molar refractivity (Wildman–Crippen MR) is 51.5 cm³/mol. The maximum Gasteiger partial charge on any atom is 0.0919 e. The summed E-state index contributed by atoms with van der Waals surface area (Å²) in [7, 11) is 0. The van der Waals surface area contributed by atoms with Gasteiger partial charge in [-0.2, -0.15) is 10.5 Å². The molecule has 0 saturated heterocycles. The van der Waals surface area contributed by atoms with E-state index in [9.17, 15) is 0 Å². The largest absolute Gasteiger partial charge is 0.193 e. The summed E-state index contributed by atoms with van der Waals surface area (Å²) in [4.78, 5) is 0. The van der Waals surface area contributed by atoms with Crippen LogP contribution in [0.15, 0.2) is 42.5 Å². The summed E-state index contributed by atoms with van der Waals surface area (Å²) in [6.07, 6.45) is 2.25. The lowest BCUT2D eigenvalue weighted by molar-refractivity contribution is 1.48. The van der Waals surface area contributed by atoms with Crippen LogP contribution in [0.2, 0.25) is 0 Å². The molecule has 0 aromatic heterocycles. The van der Waals surface area contributed by atoms with Crippen molar-refractivity contribution in [1.29, 1.82) is 10.5 Å². The molecule has 0 aliphatic rings. The van der Waals surface area contributed by atoms with Gasteiger partial charge in [-0.3, -0.25) is 0 Å². The van der Waals surface area contributed by atoms with Crippen LogP contribution in [-0.4, -0.2) is 0 Å². The summed E-state index contributed by atoms with van der Waals surface area (Å²) in [5.41, 5.74) is 1.32. The van der Waals surface area contributed by atoms with E-state index < -0.39 is 0 Å². The van der Waals surface area contributed by atoms with E-state index in [-0.39, 0.29) is 0 Å². The molecule has 0 fully saturated rings. The molecular weight excluding hydrogens is 160 g/mol. The number of nitriles is 2. The number of aryl methyl sites for hydroxylation is 1. The Morgan fingerprint density at radius 2 is 1.46 bits per heavy atom. The quantitative estimate of drug-likeness (QED) is 0.562. The molecule has 0 spiro atoms. The van der Waals surface area contributed by atoms with Crippen LogP contribution in [0.1, 0.15) is 5.56 Å². The van der Waals surface area contributed by atoms with Crippen LogP contribution in [0, 0.1) is 29.6 Å². The molecule has 0 amide bonds. The van der Waals surface area contributed by atoms with E-state index in [0.29, 0.717) is 0 Å². The van der Waals surface area contributed by atoms with Crippen molar-refractivity contribution in [3.05, 3.63) is 48.0 Å². The normalized spacial score (nSPS) is 7.92. The number of rotatable bonds is 0. The van der Waals surface area contributed by atoms with Gasteiger partial charge in [0.1, 0.15) is 0 Å². The van der Waals surface area contributed by atoms with Crippen molar-refractivity contribution in [2.45, 2.75) is 6.92 Å². The maximum absolute atomic E-state index is 7.71. The zero-order chi connectivity index (χ0) is 9.94. The standard InChI is InChI=1S/C7H8.C4H2N2/c1-7-5-3-2-4-6-7;5-3-1-2-4-6/h2-6H,1H3;1-2H. The first kappa shape index (κ1) is 10.9. The van der Waals surface area contributed by atoms with Crippen molar-refractivity contribution < 1.29 is 0 Å². The molecule has 1 aromatic rings. The van der Waals surface area contributed by atoms with E-state index in [0.717, 1.165) is 12.2 Å². The average Bonchev–Trinajstić information content (AvgIpc) is 2.17. The van der Waals surface area contributed by atoms with E-state index >= 15 is 0 Å². The van der Waals surface area contributed by atoms with E-state index in [1.54, 1.807) is 12.1 Å². The average molecular weight is 170 g/mol. The summed E-state index contributed by atoms with van der Waals surface area (Å²) in [5.74, 6) is 0. The molecule has 0 heterocycles. The molecule has 0 aliphatic carbocycles. The van der Waals surface area contributed by atoms with Crippen LogP contribution < -0.4 is 0 Å². The Labute approximate surface area is 78.4 Å². The molecule has 0 atom stereocenters. The molecule has 0 aliphatic heterocycles. The van der Waals surface area contributed by atoms with Gasteiger partial charge in [0.25, 0.3) is 0 Å². The fourth-order valence-electron chi connectivity index (χ4n) is 0.609. The van der Waals surface area contributed by atoms with Gasteiger partial charge >= 0.3 is 0 Å². The van der Waals surface area contributed by atoms with Crippen LogP contribution in [0.5, 0.6) is 0 Å². The van der Waals surface area contributed by atoms with Gasteiger partial charge in [-0.25, -0.2) is 0 Å². The third kappa shape index (κ3) is 7.84. The highest BCUT2D eigenvalue weighted by atomic mass is 14.2. The molecule has 0 N–H and O–H groups in total. The lowest BCUT2D eigenvalue weighted by Crippen LogP contribution is -1.62. The van der Waals surface area contributed by atoms with Gasteiger partial charge in [0.2, 0.25) is 0 Å². The van der Waals surface area contributed by atoms with E-state index in [1.807, 2.05) is 18.2 Å². The number of nitrogens with zero attached hydrogens (tertiary/aromatic N) is 2. The zero-order valence-electron chi connectivity index (χ0n) is 7.44. The Hall–Kier alpha value is -2.06. The number of benzene rings is 1. The van der Waals surface area contributed by atoms with Crippen molar-refractivity contribution in [1.82, 2.24) is 0 Å². The van der Waals surface area contributed by atoms with E-state index in [1.165, 1.54) is 5.56 Å². The SMILES string of the molecule is Cc1ccccc1.N#CC=CC#N. The molecule has 2 heteroatoms. The molecule has 64 valence electrons. The molecule has 0 radical (unpaired) electrons. The maximum atomic E-state index is 7.71. The highest BCUT2D eigenvalue weighted by molar-refractivity contribution is 5.12. The third-order valence-electron chi connectivity index (χ3n) is 1.17. The molecule has 0 saturated carbocycles. The van der Waals surface area contributed by atoms with Gasteiger partial charge in [-0.15, -0.1) is 0 Å². The minimum Gasteiger partial charge on any atom is -0.193 e. The minimum absolute atomic E-state index is 1.12. The van der Waals surface area contributed by atoms with Gasteiger partial charge in [0.15, 0.2) is 0 Å². The summed E-state index contributed by atoms with van der Waals surface area (Å²) in [6, 6.07) is 13.6. The van der Waals surface area contributed by atoms with Crippen LogP contribution >= 0.6 is 0 Å². The molecule has 0 unspecified atom stereocenters. The van der Waals surface area contributed by atoms with Gasteiger partial charge < -0.3 is 0 Å². The highest BCUT2D eigenvalue weighted by Gasteiger charge is 1.72. The minimum atomic E-state index is 1.12. The molecule has 13 heavy (non-hydrogen) atoms. The summed E-state index contributed by atoms with van der Waals surface area (Å²) in [6.45, 7) is 2.08. The highest BCUT2D eigenvalue weighted by Crippen LogP contribution is 1.92. The van der Waals surface area contributed by atoms with Crippen molar-refractivity contribution in [2.24, 2.45) is 0 Å². The molecule has 0 bridgehead atoms. The zero-order valence-corrected chi connectivity index (χ0v) is 7.44. The van der Waals surface area contributed by atoms with Gasteiger partial charge in [0, 0.05) is 12.2 Å². The van der Waals surface area contributed by atoms with Crippen LogP contribution in [0.3, 0.4) is 0 Å². The molecular formula is C11H10N2. The summed E-state index contributed by atoms with van der Waals surface area (Å²) >= 11 is 0.